The van der Waals surface area contributed by atoms with Gasteiger partial charge in [-0.1, -0.05) is 23.7 Å². The summed E-state index contributed by atoms with van der Waals surface area (Å²) < 4.78 is 2.84. The molecule has 2 N–H and O–H groups in total. The molecule has 0 saturated heterocycles. The first-order valence-corrected chi connectivity index (χ1v) is 14.6. The Balaban J connectivity index is 0.000000652. The van der Waals surface area contributed by atoms with Gasteiger partial charge in [-0.05, 0) is 92.9 Å². The summed E-state index contributed by atoms with van der Waals surface area (Å²) in [5.41, 5.74) is 7.77. The van der Waals surface area contributed by atoms with Crippen molar-refractivity contribution in [3.63, 3.8) is 0 Å². The Hall–Kier alpha value is -4.11. The highest BCUT2D eigenvalue weighted by molar-refractivity contribution is 7.22. The molecule has 3 aromatic heterocycles. The zero-order chi connectivity index (χ0) is 30.2. The third kappa shape index (κ3) is 6.36. The highest BCUT2D eigenvalue weighted by Gasteiger charge is 2.20. The molecular formula is C33H31ClN4O3S. The van der Waals surface area contributed by atoms with Crippen molar-refractivity contribution < 1.29 is 15.0 Å². The molecular weight excluding hydrogens is 568 g/mol. The van der Waals surface area contributed by atoms with Crippen LogP contribution < -0.4 is 0 Å². The van der Waals surface area contributed by atoms with E-state index in [1.54, 1.807) is 44.5 Å². The fourth-order valence-corrected chi connectivity index (χ4v) is 6.04. The number of hydrogen-bond acceptors (Lipinski definition) is 6. The van der Waals surface area contributed by atoms with Gasteiger partial charge in [0.25, 0.3) is 0 Å². The van der Waals surface area contributed by atoms with Crippen LogP contribution in [0.2, 0.25) is 5.02 Å². The van der Waals surface area contributed by atoms with Gasteiger partial charge in [-0.25, -0.2) is 4.98 Å². The number of pyridine rings is 1. The molecule has 3 aromatic carbocycles. The molecule has 9 heteroatoms. The second-order valence-electron chi connectivity index (χ2n) is 11.1. The number of aryl methyl sites for hydroxylation is 2. The maximum absolute atomic E-state index is 11.8. The first-order chi connectivity index (χ1) is 19.9. The average Bonchev–Trinajstić information content (AvgIpc) is 3.49. The van der Waals surface area contributed by atoms with Crippen LogP contribution in [0.3, 0.4) is 0 Å². The van der Waals surface area contributed by atoms with Crippen molar-refractivity contribution >= 4 is 50.0 Å². The quantitative estimate of drug-likeness (QED) is 0.209. The van der Waals surface area contributed by atoms with Crippen LogP contribution in [-0.2, 0) is 18.3 Å². The minimum atomic E-state index is -0.868. The molecule has 0 fully saturated rings. The summed E-state index contributed by atoms with van der Waals surface area (Å²) >= 11 is 7.72. The van der Waals surface area contributed by atoms with Crippen LogP contribution in [0.1, 0.15) is 31.9 Å². The molecule has 0 aliphatic heterocycles. The summed E-state index contributed by atoms with van der Waals surface area (Å²) in [4.78, 5) is 20.9. The zero-order valence-corrected chi connectivity index (χ0v) is 25.6. The summed E-state index contributed by atoms with van der Waals surface area (Å²) in [6.07, 6.45) is 3.47. The Morgan fingerprint density at radius 3 is 2.26 bits per heavy atom. The molecule has 0 radical (unpaired) electrons. The Morgan fingerprint density at radius 1 is 0.976 bits per heavy atom. The summed E-state index contributed by atoms with van der Waals surface area (Å²) in [6.45, 7) is 7.17. The molecule has 0 unspecified atom stereocenters. The highest BCUT2D eigenvalue weighted by Crippen LogP contribution is 2.42. The number of rotatable bonds is 5. The van der Waals surface area contributed by atoms with Crippen molar-refractivity contribution in [1.29, 1.82) is 0 Å². The monoisotopic (exact) mass is 598 g/mol. The van der Waals surface area contributed by atoms with E-state index in [1.165, 1.54) is 0 Å². The van der Waals surface area contributed by atoms with Gasteiger partial charge in [0.2, 0.25) is 0 Å². The number of carboxylic acid groups (broad SMARTS) is 1. The van der Waals surface area contributed by atoms with Gasteiger partial charge in [0.05, 0.1) is 27.8 Å². The largest absolute Gasteiger partial charge is 0.481 e. The third-order valence-electron chi connectivity index (χ3n) is 6.52. The first kappa shape index (κ1) is 29.4. The van der Waals surface area contributed by atoms with Crippen LogP contribution >= 0.6 is 22.9 Å². The molecule has 0 saturated carbocycles. The zero-order valence-electron chi connectivity index (χ0n) is 24.0. The van der Waals surface area contributed by atoms with Gasteiger partial charge < -0.3 is 10.2 Å². The SMILES string of the molecule is CC(C)(C)O.Cc1cc2nc(-c3ccc4c(c3)c(-c3ccncc3)nn4C)sc2c(-c2ccc(Cl)cc2)c1CC(=O)O. The van der Waals surface area contributed by atoms with Crippen molar-refractivity contribution in [3.05, 3.63) is 89.2 Å². The lowest BCUT2D eigenvalue weighted by molar-refractivity contribution is -0.136. The van der Waals surface area contributed by atoms with Gasteiger partial charge in [-0.15, -0.1) is 11.3 Å². The summed E-state index contributed by atoms with van der Waals surface area (Å²) in [7, 11) is 1.94. The van der Waals surface area contributed by atoms with Crippen LogP contribution in [0.15, 0.2) is 73.1 Å². The number of nitrogens with zero attached hydrogens (tertiary/aromatic N) is 4. The average molecular weight is 599 g/mol. The van der Waals surface area contributed by atoms with E-state index in [-0.39, 0.29) is 6.42 Å². The van der Waals surface area contributed by atoms with Crippen LogP contribution in [0, 0.1) is 6.92 Å². The van der Waals surface area contributed by atoms with Crippen LogP contribution in [-0.4, -0.2) is 41.5 Å². The lowest BCUT2D eigenvalue weighted by atomic mass is 9.93. The first-order valence-electron chi connectivity index (χ1n) is 13.4. The Kier molecular flexibility index (Phi) is 8.14. The predicted octanol–water partition coefficient (Wildman–Crippen LogP) is 7.95. The number of carbonyl (C=O) groups is 1. The van der Waals surface area contributed by atoms with Crippen molar-refractivity contribution in [2.24, 2.45) is 7.05 Å². The standard InChI is InChI=1S/C29H21ClN4O2S.C4H10O/c1-16-13-23-28(26(21(16)15-25(35)36)17-3-6-20(30)7-4-17)37-29(32-23)19-5-8-24-22(14-19)27(33-34(24)2)18-9-11-31-12-10-18;1-4(2,3)5/h3-14H,15H2,1-2H3,(H,35,36);5H,1-3H3. The maximum atomic E-state index is 11.8. The molecule has 0 aliphatic rings. The van der Waals surface area contributed by atoms with Gasteiger partial charge in [0.1, 0.15) is 10.7 Å². The summed E-state index contributed by atoms with van der Waals surface area (Å²) in [5.74, 6) is -0.868. The van der Waals surface area contributed by atoms with Gasteiger partial charge >= 0.3 is 5.97 Å². The Morgan fingerprint density at radius 2 is 1.62 bits per heavy atom. The third-order valence-corrected chi connectivity index (χ3v) is 7.91. The Bertz CT molecular complexity index is 1900. The number of carboxylic acids is 1. The molecule has 6 rings (SSSR count). The fourth-order valence-electron chi connectivity index (χ4n) is 4.78. The lowest BCUT2D eigenvalue weighted by Gasteiger charge is -2.13. The molecule has 0 aliphatic carbocycles. The molecule has 6 aromatic rings. The Labute approximate surface area is 253 Å². The van der Waals surface area contributed by atoms with Crippen molar-refractivity contribution in [1.82, 2.24) is 19.7 Å². The van der Waals surface area contributed by atoms with Crippen LogP contribution in [0.5, 0.6) is 0 Å². The minimum Gasteiger partial charge on any atom is -0.481 e. The molecule has 0 bridgehead atoms. The normalized spacial score (nSPS) is 11.5. The predicted molar refractivity (Wildman–Crippen MR) is 171 cm³/mol. The van der Waals surface area contributed by atoms with E-state index in [0.29, 0.717) is 5.02 Å². The molecule has 0 spiro atoms. The number of thiazole rings is 1. The molecule has 0 amide bonds. The topological polar surface area (TPSA) is 101 Å². The second-order valence-corrected chi connectivity index (χ2v) is 12.5. The number of benzene rings is 3. The number of fused-ring (bicyclic) bond motifs is 2. The summed E-state index contributed by atoms with van der Waals surface area (Å²) in [6, 6.07) is 19.7. The smallest absolute Gasteiger partial charge is 0.307 e. The van der Waals surface area contributed by atoms with E-state index in [4.69, 9.17) is 26.8 Å². The van der Waals surface area contributed by atoms with Crippen LogP contribution in [0.25, 0.3) is 54.1 Å². The van der Waals surface area contributed by atoms with E-state index < -0.39 is 11.6 Å². The number of aliphatic hydroxyl groups is 1. The van der Waals surface area contributed by atoms with E-state index in [0.717, 1.165) is 65.2 Å². The van der Waals surface area contributed by atoms with Crippen LogP contribution in [0.4, 0.5) is 0 Å². The van der Waals surface area contributed by atoms with Gasteiger partial charge in [-0.2, -0.15) is 5.10 Å². The maximum Gasteiger partial charge on any atom is 0.307 e. The van der Waals surface area contributed by atoms with E-state index in [9.17, 15) is 9.90 Å². The fraction of sp³-hybridized carbons (Fsp3) is 0.212. The van der Waals surface area contributed by atoms with E-state index >= 15 is 0 Å². The number of halogens is 1. The highest BCUT2D eigenvalue weighted by atomic mass is 35.5. The summed E-state index contributed by atoms with van der Waals surface area (Å²) in [5, 5.41) is 25.4. The van der Waals surface area contributed by atoms with Crippen molar-refractivity contribution in [2.45, 2.75) is 39.7 Å². The van der Waals surface area contributed by atoms with Crippen molar-refractivity contribution in [3.8, 4) is 33.0 Å². The molecule has 3 heterocycles. The number of aromatic nitrogens is 4. The lowest BCUT2D eigenvalue weighted by Crippen LogP contribution is -2.10. The number of hydrogen-bond donors (Lipinski definition) is 2. The molecule has 214 valence electrons. The van der Waals surface area contributed by atoms with Gasteiger partial charge in [0, 0.05) is 46.5 Å². The van der Waals surface area contributed by atoms with Gasteiger partial charge in [-0.3, -0.25) is 14.5 Å². The van der Waals surface area contributed by atoms with Crippen molar-refractivity contribution in [2.75, 3.05) is 0 Å². The van der Waals surface area contributed by atoms with Gasteiger partial charge in [0.15, 0.2) is 0 Å². The van der Waals surface area contributed by atoms with E-state index in [2.05, 4.69) is 23.2 Å². The molecule has 7 nitrogen and oxygen atoms in total. The minimum absolute atomic E-state index is 0.0656. The second kappa shape index (κ2) is 11.6. The molecule has 0 atom stereocenters. The molecule has 42 heavy (non-hydrogen) atoms. The van der Waals surface area contributed by atoms with E-state index in [1.807, 2.05) is 61.1 Å². The number of aliphatic carboxylic acids is 1.